The maximum Gasteiger partial charge on any atom is 0.336 e. The third-order valence-electron chi connectivity index (χ3n) is 3.18. The number of benzene rings is 1. The van der Waals surface area contributed by atoms with E-state index < -0.39 is 11.6 Å². The van der Waals surface area contributed by atoms with E-state index in [9.17, 15) is 9.59 Å². The predicted molar refractivity (Wildman–Crippen MR) is 79.8 cm³/mol. The molecule has 2 heterocycles. The van der Waals surface area contributed by atoms with Gasteiger partial charge in [0.05, 0.1) is 0 Å². The van der Waals surface area contributed by atoms with E-state index in [1.165, 1.54) is 17.1 Å². The second-order valence-corrected chi connectivity index (χ2v) is 5.26. The van der Waals surface area contributed by atoms with Gasteiger partial charge in [-0.3, -0.25) is 4.79 Å². The molecule has 0 fully saturated rings. The van der Waals surface area contributed by atoms with Crippen molar-refractivity contribution in [3.05, 3.63) is 51.1 Å². The second-order valence-electron chi connectivity index (χ2n) is 4.86. The molecule has 0 saturated heterocycles. The van der Waals surface area contributed by atoms with Crippen LogP contribution >= 0.6 is 11.6 Å². The third kappa shape index (κ3) is 3.37. The van der Waals surface area contributed by atoms with Crippen LogP contribution in [0.3, 0.4) is 0 Å². The molecule has 0 radical (unpaired) electrons. The molecule has 118 valence electrons. The molecular formula is C14H11ClN4O4. The van der Waals surface area contributed by atoms with Gasteiger partial charge in [0.15, 0.2) is 0 Å². The van der Waals surface area contributed by atoms with Crippen molar-refractivity contribution in [2.45, 2.75) is 20.1 Å². The molecule has 3 rings (SSSR count). The fourth-order valence-electron chi connectivity index (χ4n) is 2.06. The summed E-state index contributed by atoms with van der Waals surface area (Å²) in [5.41, 5.74) is 1.18. The van der Waals surface area contributed by atoms with E-state index in [1.54, 1.807) is 19.1 Å². The van der Waals surface area contributed by atoms with Crippen molar-refractivity contribution >= 4 is 28.5 Å². The van der Waals surface area contributed by atoms with E-state index in [0.717, 1.165) is 5.56 Å². The van der Waals surface area contributed by atoms with Crippen LogP contribution in [0.1, 0.15) is 11.1 Å². The lowest BCUT2D eigenvalue weighted by atomic mass is 10.1. The molecule has 9 heteroatoms. The molecule has 0 atom stereocenters. The number of fused-ring (bicyclic) bond motifs is 1. The normalized spacial score (nSPS) is 10.9. The summed E-state index contributed by atoms with van der Waals surface area (Å²) in [7, 11) is 0. The van der Waals surface area contributed by atoms with Crippen molar-refractivity contribution in [3.8, 4) is 0 Å². The minimum atomic E-state index is -0.531. The molecule has 0 spiro atoms. The number of ether oxygens (including phenoxy) is 1. The van der Waals surface area contributed by atoms with Gasteiger partial charge in [-0.05, 0) is 35.0 Å². The van der Waals surface area contributed by atoms with Gasteiger partial charge in [-0.25, -0.2) is 9.48 Å². The van der Waals surface area contributed by atoms with Gasteiger partial charge in [0.1, 0.15) is 25.1 Å². The van der Waals surface area contributed by atoms with Crippen LogP contribution in [-0.4, -0.2) is 26.2 Å². The van der Waals surface area contributed by atoms with Gasteiger partial charge in [-0.1, -0.05) is 11.6 Å². The lowest BCUT2D eigenvalue weighted by Crippen LogP contribution is -2.14. The highest BCUT2D eigenvalue weighted by atomic mass is 35.5. The van der Waals surface area contributed by atoms with Gasteiger partial charge in [-0.2, -0.15) is 0 Å². The summed E-state index contributed by atoms with van der Waals surface area (Å²) < 4.78 is 11.5. The predicted octanol–water partition coefficient (Wildman–Crippen LogP) is 1.48. The minimum absolute atomic E-state index is 0.0809. The van der Waals surface area contributed by atoms with E-state index in [4.69, 9.17) is 20.8 Å². The summed E-state index contributed by atoms with van der Waals surface area (Å²) in [6.45, 7) is 1.61. The average molecular weight is 335 g/mol. The van der Waals surface area contributed by atoms with Crippen molar-refractivity contribution in [3.63, 3.8) is 0 Å². The molecule has 0 N–H and O–H groups in total. The van der Waals surface area contributed by atoms with Gasteiger partial charge in [0.2, 0.25) is 0 Å². The molecule has 0 bridgehead atoms. The lowest BCUT2D eigenvalue weighted by molar-refractivity contribution is -0.145. The van der Waals surface area contributed by atoms with Crippen LogP contribution in [0.4, 0.5) is 0 Å². The number of hydrogen-bond donors (Lipinski definition) is 0. The number of carbonyl (C=O) groups excluding carboxylic acids is 1. The van der Waals surface area contributed by atoms with E-state index >= 15 is 0 Å². The highest BCUT2D eigenvalue weighted by Gasteiger charge is 2.11. The number of carbonyl (C=O) groups is 1. The first-order valence-corrected chi connectivity index (χ1v) is 7.00. The summed E-state index contributed by atoms with van der Waals surface area (Å²) in [5.74, 6) is -0.531. The highest BCUT2D eigenvalue weighted by molar-refractivity contribution is 6.32. The molecule has 0 amide bonds. The molecular weight excluding hydrogens is 324 g/mol. The number of aryl methyl sites for hydroxylation is 1. The summed E-state index contributed by atoms with van der Waals surface area (Å²) in [6, 6.07) is 4.63. The zero-order valence-corrected chi connectivity index (χ0v) is 12.8. The Morgan fingerprint density at radius 2 is 2.22 bits per heavy atom. The van der Waals surface area contributed by atoms with Crippen LogP contribution in [0, 0.1) is 6.92 Å². The Labute approximate surface area is 134 Å². The van der Waals surface area contributed by atoms with Crippen molar-refractivity contribution in [1.82, 2.24) is 20.2 Å². The molecule has 1 aromatic carbocycles. The first kappa shape index (κ1) is 15.2. The average Bonchev–Trinajstić information content (AvgIpc) is 2.99. The maximum absolute atomic E-state index is 11.8. The number of esters is 1. The van der Waals surface area contributed by atoms with Crippen LogP contribution < -0.4 is 5.63 Å². The van der Waals surface area contributed by atoms with Crippen LogP contribution in [0.15, 0.2) is 33.7 Å². The van der Waals surface area contributed by atoms with Crippen molar-refractivity contribution in [2.75, 3.05) is 0 Å². The van der Waals surface area contributed by atoms with Gasteiger partial charge >= 0.3 is 11.6 Å². The van der Waals surface area contributed by atoms with Crippen LogP contribution in [0.5, 0.6) is 0 Å². The number of hydrogen-bond acceptors (Lipinski definition) is 7. The van der Waals surface area contributed by atoms with Crippen LogP contribution in [-0.2, 0) is 22.7 Å². The molecule has 8 nitrogen and oxygen atoms in total. The van der Waals surface area contributed by atoms with E-state index in [2.05, 4.69) is 15.5 Å². The molecule has 0 saturated carbocycles. The summed E-state index contributed by atoms with van der Waals surface area (Å²) >= 11 is 6.10. The quantitative estimate of drug-likeness (QED) is 0.526. The van der Waals surface area contributed by atoms with E-state index in [-0.39, 0.29) is 13.2 Å². The summed E-state index contributed by atoms with van der Waals surface area (Å²) in [6.07, 6.45) is 1.30. The van der Waals surface area contributed by atoms with E-state index in [1.807, 2.05) is 0 Å². The third-order valence-corrected chi connectivity index (χ3v) is 3.59. The van der Waals surface area contributed by atoms with Gasteiger partial charge in [0.25, 0.3) is 0 Å². The number of halogens is 1. The second kappa shape index (κ2) is 6.17. The van der Waals surface area contributed by atoms with Gasteiger partial charge in [-0.15, -0.1) is 5.10 Å². The Balaban J connectivity index is 1.83. The lowest BCUT2D eigenvalue weighted by Gasteiger charge is -2.08. The van der Waals surface area contributed by atoms with Crippen LogP contribution in [0.2, 0.25) is 5.02 Å². The zero-order chi connectivity index (χ0) is 16.4. The van der Waals surface area contributed by atoms with E-state index in [0.29, 0.717) is 21.6 Å². The Hall–Kier alpha value is -2.74. The topological polar surface area (TPSA) is 100 Å². The summed E-state index contributed by atoms with van der Waals surface area (Å²) in [4.78, 5) is 23.4. The monoisotopic (exact) mass is 334 g/mol. The molecule has 2 aromatic heterocycles. The molecule has 0 aliphatic heterocycles. The number of nitrogens with zero attached hydrogens (tertiary/aromatic N) is 4. The molecule has 0 aliphatic rings. The van der Waals surface area contributed by atoms with Gasteiger partial charge in [0, 0.05) is 22.0 Å². The largest absolute Gasteiger partial charge is 0.459 e. The fraction of sp³-hybridized carbons (Fsp3) is 0.214. The summed E-state index contributed by atoms with van der Waals surface area (Å²) in [5, 5.41) is 11.6. The fourth-order valence-corrected chi connectivity index (χ4v) is 2.22. The van der Waals surface area contributed by atoms with Crippen molar-refractivity contribution in [1.29, 1.82) is 0 Å². The number of rotatable bonds is 4. The Bertz CT molecular complexity index is 920. The number of aromatic nitrogens is 4. The maximum atomic E-state index is 11.8. The van der Waals surface area contributed by atoms with Crippen molar-refractivity contribution < 1.29 is 13.9 Å². The smallest absolute Gasteiger partial charge is 0.336 e. The standard InChI is InChI=1S/C14H11ClN4O4/c1-8-2-12-10(4-11(8)15)9(3-13(20)23-12)6-22-14(21)5-19-7-16-17-18-19/h2-4,7H,5-6H2,1H3. The Kier molecular flexibility index (Phi) is 4.07. The molecule has 23 heavy (non-hydrogen) atoms. The number of tetrazole rings is 1. The highest BCUT2D eigenvalue weighted by Crippen LogP contribution is 2.25. The molecule has 0 unspecified atom stereocenters. The van der Waals surface area contributed by atoms with Crippen molar-refractivity contribution in [2.24, 2.45) is 0 Å². The first-order valence-electron chi connectivity index (χ1n) is 6.62. The molecule has 0 aliphatic carbocycles. The minimum Gasteiger partial charge on any atom is -0.459 e. The van der Waals surface area contributed by atoms with Crippen LogP contribution in [0.25, 0.3) is 11.0 Å². The first-order chi connectivity index (χ1) is 11.0. The SMILES string of the molecule is Cc1cc2oc(=O)cc(COC(=O)Cn3cnnn3)c2cc1Cl. The zero-order valence-electron chi connectivity index (χ0n) is 12.0. The molecule has 3 aromatic rings. The Morgan fingerprint density at radius 3 is 2.96 bits per heavy atom. The van der Waals surface area contributed by atoms with Gasteiger partial charge < -0.3 is 9.15 Å². The Morgan fingerprint density at radius 1 is 1.39 bits per heavy atom.